The van der Waals surface area contributed by atoms with Gasteiger partial charge in [-0.2, -0.15) is 0 Å². The van der Waals surface area contributed by atoms with E-state index >= 15 is 0 Å². The molecule has 0 spiro atoms. The minimum Gasteiger partial charge on any atom is -0.406 e. The molecular formula is C22H20F3N3O4. The molecule has 1 saturated heterocycles. The van der Waals surface area contributed by atoms with Gasteiger partial charge in [-0.05, 0) is 49.2 Å². The molecule has 32 heavy (non-hydrogen) atoms. The van der Waals surface area contributed by atoms with E-state index in [1.807, 2.05) is 0 Å². The third-order valence-corrected chi connectivity index (χ3v) is 5.66. The van der Waals surface area contributed by atoms with Crippen LogP contribution in [-0.4, -0.2) is 39.4 Å². The van der Waals surface area contributed by atoms with Crippen molar-refractivity contribution < 1.29 is 22.7 Å². The highest BCUT2D eigenvalue weighted by atomic mass is 19.4. The number of halogens is 3. The molecule has 1 aromatic heterocycles. The molecule has 1 amide bonds. The lowest BCUT2D eigenvalue weighted by atomic mass is 10.0. The number of nitrogens with zero attached hydrogens (tertiary/aromatic N) is 3. The number of rotatable bonds is 3. The fourth-order valence-corrected chi connectivity index (χ4v) is 4.09. The summed E-state index contributed by atoms with van der Waals surface area (Å²) >= 11 is 0. The number of aromatic nitrogens is 2. The van der Waals surface area contributed by atoms with Crippen LogP contribution in [0.2, 0.25) is 0 Å². The average Bonchev–Trinajstić information content (AvgIpc) is 2.77. The summed E-state index contributed by atoms with van der Waals surface area (Å²) in [4.78, 5) is 39.5. The van der Waals surface area contributed by atoms with Gasteiger partial charge < -0.3 is 14.2 Å². The predicted octanol–water partition coefficient (Wildman–Crippen LogP) is 3.08. The highest BCUT2D eigenvalue weighted by molar-refractivity contribution is 5.94. The summed E-state index contributed by atoms with van der Waals surface area (Å²) in [5.41, 5.74) is 0.343. The quantitative estimate of drug-likeness (QED) is 0.579. The van der Waals surface area contributed by atoms with E-state index in [0.29, 0.717) is 37.0 Å². The topological polar surface area (TPSA) is 73.5 Å². The van der Waals surface area contributed by atoms with Crippen LogP contribution in [0.15, 0.2) is 58.1 Å². The van der Waals surface area contributed by atoms with Crippen LogP contribution >= 0.6 is 0 Å². The van der Waals surface area contributed by atoms with Crippen LogP contribution in [0, 0.1) is 0 Å². The molecule has 0 N–H and O–H groups in total. The maximum absolute atomic E-state index is 12.8. The summed E-state index contributed by atoms with van der Waals surface area (Å²) in [7, 11) is 1.56. The van der Waals surface area contributed by atoms with E-state index in [1.165, 1.54) is 21.3 Å². The maximum atomic E-state index is 12.8. The molecule has 0 saturated carbocycles. The number of para-hydroxylation sites is 2. The molecular weight excluding hydrogens is 427 g/mol. The van der Waals surface area contributed by atoms with Gasteiger partial charge in [0.15, 0.2) is 0 Å². The Labute approximate surface area is 180 Å². The lowest BCUT2D eigenvalue weighted by Gasteiger charge is -2.33. The first-order valence-electron chi connectivity index (χ1n) is 10.0. The van der Waals surface area contributed by atoms with Gasteiger partial charge in [-0.3, -0.25) is 19.0 Å². The lowest BCUT2D eigenvalue weighted by molar-refractivity contribution is -0.274. The second-order valence-electron chi connectivity index (χ2n) is 7.62. The molecule has 0 radical (unpaired) electrons. The minimum absolute atomic E-state index is 0.243. The zero-order chi connectivity index (χ0) is 23.0. The zero-order valence-electron chi connectivity index (χ0n) is 17.1. The zero-order valence-corrected chi connectivity index (χ0v) is 17.1. The van der Waals surface area contributed by atoms with Crippen LogP contribution in [0.3, 0.4) is 0 Å². The standard InChI is InChI=1S/C22H20F3N3O4/c1-26-17-4-2-3-5-18(17)28(21(31)20(26)30)15-10-12-27(13-11-15)19(29)14-6-8-16(9-7-14)32-22(23,24)25/h2-9,15H,10-13H2,1H3. The SMILES string of the molecule is Cn1c(=O)c(=O)n(C2CCN(C(=O)c3ccc(OC(F)(F)F)cc3)CC2)c2ccccc21. The van der Waals surface area contributed by atoms with Crippen molar-refractivity contribution >= 4 is 16.9 Å². The van der Waals surface area contributed by atoms with Crippen LogP contribution < -0.4 is 15.9 Å². The van der Waals surface area contributed by atoms with Crippen molar-refractivity contribution in [3.05, 3.63) is 74.8 Å². The number of hydrogen-bond acceptors (Lipinski definition) is 4. The van der Waals surface area contributed by atoms with Crippen LogP contribution in [-0.2, 0) is 7.05 Å². The summed E-state index contributed by atoms with van der Waals surface area (Å²) in [6.07, 6.45) is -3.86. The van der Waals surface area contributed by atoms with Crippen LogP contribution in [0.1, 0.15) is 29.2 Å². The molecule has 10 heteroatoms. The van der Waals surface area contributed by atoms with E-state index in [9.17, 15) is 27.6 Å². The maximum Gasteiger partial charge on any atom is 0.573 e. The second kappa shape index (κ2) is 8.18. The van der Waals surface area contributed by atoms with Gasteiger partial charge in [0, 0.05) is 31.7 Å². The first-order valence-corrected chi connectivity index (χ1v) is 10.0. The fraction of sp³-hybridized carbons (Fsp3) is 0.318. The predicted molar refractivity (Wildman–Crippen MR) is 111 cm³/mol. The number of fused-ring (bicyclic) bond motifs is 1. The number of amides is 1. The van der Waals surface area contributed by atoms with E-state index in [4.69, 9.17) is 0 Å². The summed E-state index contributed by atoms with van der Waals surface area (Å²) in [6, 6.07) is 11.7. The van der Waals surface area contributed by atoms with Gasteiger partial charge in [0.05, 0.1) is 11.0 Å². The summed E-state index contributed by atoms with van der Waals surface area (Å²) in [6.45, 7) is 0.695. The van der Waals surface area contributed by atoms with E-state index in [2.05, 4.69) is 4.74 Å². The van der Waals surface area contributed by atoms with Crippen molar-refractivity contribution in [1.29, 1.82) is 0 Å². The number of benzene rings is 2. The van der Waals surface area contributed by atoms with E-state index < -0.39 is 23.2 Å². The highest BCUT2D eigenvalue weighted by Crippen LogP contribution is 2.27. The molecule has 4 rings (SSSR count). The molecule has 7 nitrogen and oxygen atoms in total. The summed E-state index contributed by atoms with van der Waals surface area (Å²) in [5.74, 6) is -0.715. The molecule has 0 atom stereocenters. The first-order chi connectivity index (χ1) is 15.2. The Morgan fingerprint density at radius 3 is 2.12 bits per heavy atom. The molecule has 1 aliphatic rings. The highest BCUT2D eigenvalue weighted by Gasteiger charge is 2.31. The van der Waals surface area contributed by atoms with Crippen molar-refractivity contribution in [1.82, 2.24) is 14.0 Å². The van der Waals surface area contributed by atoms with Crippen molar-refractivity contribution in [2.45, 2.75) is 25.2 Å². The van der Waals surface area contributed by atoms with E-state index in [-0.39, 0.29) is 17.5 Å². The van der Waals surface area contributed by atoms with Gasteiger partial charge in [0.2, 0.25) is 0 Å². The summed E-state index contributed by atoms with van der Waals surface area (Å²) in [5, 5.41) is 0. The fourth-order valence-electron chi connectivity index (χ4n) is 4.09. The Kier molecular flexibility index (Phi) is 5.53. The van der Waals surface area contributed by atoms with Crippen molar-refractivity contribution in [3.8, 4) is 5.75 Å². The normalized spacial score (nSPS) is 15.2. The van der Waals surface area contributed by atoms with Gasteiger partial charge in [0.1, 0.15) is 5.75 Å². The minimum atomic E-state index is -4.80. The molecule has 168 valence electrons. The Morgan fingerprint density at radius 1 is 0.938 bits per heavy atom. The van der Waals surface area contributed by atoms with Gasteiger partial charge in [0.25, 0.3) is 5.91 Å². The second-order valence-corrected chi connectivity index (χ2v) is 7.62. The smallest absolute Gasteiger partial charge is 0.406 e. The van der Waals surface area contributed by atoms with Crippen LogP contribution in [0.25, 0.3) is 11.0 Å². The van der Waals surface area contributed by atoms with Gasteiger partial charge >= 0.3 is 17.5 Å². The summed E-state index contributed by atoms with van der Waals surface area (Å²) < 4.78 is 43.6. The first kappa shape index (κ1) is 21.7. The van der Waals surface area contributed by atoms with Crippen LogP contribution in [0.5, 0.6) is 5.75 Å². The molecule has 0 aliphatic carbocycles. The van der Waals surface area contributed by atoms with Gasteiger partial charge in [-0.25, -0.2) is 0 Å². The number of ether oxygens (including phenoxy) is 1. The molecule has 2 heterocycles. The number of hydrogen-bond donors (Lipinski definition) is 0. The number of piperidine rings is 1. The molecule has 2 aromatic carbocycles. The Bertz CT molecular complexity index is 1270. The van der Waals surface area contributed by atoms with Crippen molar-refractivity contribution in [2.75, 3.05) is 13.1 Å². The monoisotopic (exact) mass is 447 g/mol. The molecule has 0 bridgehead atoms. The largest absolute Gasteiger partial charge is 0.573 e. The average molecular weight is 447 g/mol. The van der Waals surface area contributed by atoms with Crippen LogP contribution in [0.4, 0.5) is 13.2 Å². The van der Waals surface area contributed by atoms with Gasteiger partial charge in [-0.1, -0.05) is 12.1 Å². The number of likely N-dealkylation sites (tertiary alicyclic amines) is 1. The lowest BCUT2D eigenvalue weighted by Crippen LogP contribution is -2.45. The van der Waals surface area contributed by atoms with Gasteiger partial charge in [-0.15, -0.1) is 13.2 Å². The Morgan fingerprint density at radius 2 is 1.53 bits per heavy atom. The molecule has 3 aromatic rings. The number of alkyl halides is 3. The van der Waals surface area contributed by atoms with E-state index in [1.54, 1.807) is 36.2 Å². The number of aryl methyl sites for hydroxylation is 1. The third-order valence-electron chi connectivity index (χ3n) is 5.66. The Hall–Kier alpha value is -3.56. The van der Waals surface area contributed by atoms with E-state index in [0.717, 1.165) is 12.1 Å². The van der Waals surface area contributed by atoms with Crippen molar-refractivity contribution in [3.63, 3.8) is 0 Å². The number of carbonyl (C=O) groups is 1. The molecule has 0 unspecified atom stereocenters. The molecule has 1 aliphatic heterocycles. The van der Waals surface area contributed by atoms with Crippen molar-refractivity contribution in [2.24, 2.45) is 7.05 Å². The Balaban J connectivity index is 1.51. The molecule has 1 fully saturated rings. The number of carbonyl (C=O) groups excluding carboxylic acids is 1. The third kappa shape index (κ3) is 4.12.